The van der Waals surface area contributed by atoms with E-state index in [-0.39, 0.29) is 5.75 Å². The molecule has 0 unspecified atom stereocenters. The van der Waals surface area contributed by atoms with Crippen molar-refractivity contribution in [1.29, 1.82) is 0 Å². The Morgan fingerprint density at radius 2 is 2.43 bits per heavy atom. The van der Waals surface area contributed by atoms with Gasteiger partial charge in [0.25, 0.3) is 0 Å². The maximum absolute atomic E-state index is 10.3. The van der Waals surface area contributed by atoms with Crippen molar-refractivity contribution >= 4 is 29.5 Å². The first-order valence-electron chi connectivity index (χ1n) is 3.83. The van der Waals surface area contributed by atoms with Gasteiger partial charge in [0.05, 0.1) is 12.3 Å². The summed E-state index contributed by atoms with van der Waals surface area (Å²) in [6.45, 7) is 0.704. The lowest BCUT2D eigenvalue weighted by atomic mass is 10.8. The van der Waals surface area contributed by atoms with E-state index < -0.39 is 5.97 Å². The SMILES string of the molecule is CSCCn1nnnc1SCC(=O)O. The molecule has 0 atom stereocenters. The van der Waals surface area contributed by atoms with Crippen molar-refractivity contribution in [3.05, 3.63) is 0 Å². The van der Waals surface area contributed by atoms with Crippen LogP contribution in [-0.4, -0.2) is 49.0 Å². The fraction of sp³-hybridized carbons (Fsp3) is 0.667. The van der Waals surface area contributed by atoms with Crippen LogP contribution in [0.15, 0.2) is 5.16 Å². The minimum atomic E-state index is -0.866. The molecule has 0 amide bonds. The van der Waals surface area contributed by atoms with Crippen LogP contribution in [0.5, 0.6) is 0 Å². The van der Waals surface area contributed by atoms with Gasteiger partial charge < -0.3 is 5.11 Å². The molecule has 78 valence electrons. The highest BCUT2D eigenvalue weighted by Crippen LogP contribution is 2.13. The third-order valence-corrected chi connectivity index (χ3v) is 2.86. The van der Waals surface area contributed by atoms with E-state index in [0.29, 0.717) is 11.7 Å². The molecule has 8 heteroatoms. The van der Waals surface area contributed by atoms with Gasteiger partial charge in [-0.15, -0.1) is 5.10 Å². The third-order valence-electron chi connectivity index (χ3n) is 1.33. The molecule has 6 nitrogen and oxygen atoms in total. The van der Waals surface area contributed by atoms with E-state index in [1.165, 1.54) is 0 Å². The average molecular weight is 234 g/mol. The molecule has 1 heterocycles. The predicted octanol–water partition coefficient (Wildman–Crippen LogP) is 0.213. The number of aliphatic carboxylic acids is 1. The number of hydrogen-bond donors (Lipinski definition) is 1. The zero-order valence-corrected chi connectivity index (χ0v) is 9.22. The minimum absolute atomic E-state index is 0.0142. The lowest BCUT2D eigenvalue weighted by Crippen LogP contribution is -2.06. The van der Waals surface area contributed by atoms with Crippen molar-refractivity contribution in [2.24, 2.45) is 0 Å². The highest BCUT2D eigenvalue weighted by atomic mass is 32.2. The summed E-state index contributed by atoms with van der Waals surface area (Å²) in [5.41, 5.74) is 0. The molecule has 1 aromatic rings. The Morgan fingerprint density at radius 1 is 1.64 bits per heavy atom. The first-order valence-corrected chi connectivity index (χ1v) is 6.21. The van der Waals surface area contributed by atoms with E-state index in [4.69, 9.17) is 5.11 Å². The van der Waals surface area contributed by atoms with E-state index in [9.17, 15) is 4.79 Å². The predicted molar refractivity (Wildman–Crippen MR) is 54.6 cm³/mol. The van der Waals surface area contributed by atoms with Gasteiger partial charge in [0, 0.05) is 5.75 Å². The van der Waals surface area contributed by atoms with E-state index in [1.807, 2.05) is 6.26 Å². The lowest BCUT2D eigenvalue weighted by Gasteiger charge is -2.00. The second-order valence-electron chi connectivity index (χ2n) is 2.36. The number of hydrogen-bond acceptors (Lipinski definition) is 6. The number of rotatable bonds is 6. The van der Waals surface area contributed by atoms with Crippen LogP contribution in [0.25, 0.3) is 0 Å². The molecule has 1 aromatic heterocycles. The molecular weight excluding hydrogens is 224 g/mol. The topological polar surface area (TPSA) is 80.9 Å². The Morgan fingerprint density at radius 3 is 3.07 bits per heavy atom. The molecule has 0 fully saturated rings. The zero-order valence-electron chi connectivity index (χ0n) is 7.58. The van der Waals surface area contributed by atoms with Crippen molar-refractivity contribution in [2.75, 3.05) is 17.8 Å². The standard InChI is InChI=1S/C6H10N4O2S2/c1-13-3-2-10-6(7-8-9-10)14-4-5(11)12/h2-4H2,1H3,(H,11,12). The number of carbonyl (C=O) groups is 1. The summed E-state index contributed by atoms with van der Waals surface area (Å²) in [6, 6.07) is 0. The number of aryl methyl sites for hydroxylation is 1. The van der Waals surface area contributed by atoms with Gasteiger partial charge in [-0.3, -0.25) is 4.79 Å². The highest BCUT2D eigenvalue weighted by molar-refractivity contribution is 7.99. The number of tetrazole rings is 1. The van der Waals surface area contributed by atoms with Gasteiger partial charge in [0.1, 0.15) is 0 Å². The van der Waals surface area contributed by atoms with Crippen molar-refractivity contribution in [2.45, 2.75) is 11.7 Å². The van der Waals surface area contributed by atoms with Crippen molar-refractivity contribution in [3.8, 4) is 0 Å². The average Bonchev–Trinajstić information content (AvgIpc) is 2.58. The number of nitrogens with zero attached hydrogens (tertiary/aromatic N) is 4. The Bertz CT molecular complexity index is 304. The van der Waals surface area contributed by atoms with Gasteiger partial charge in [-0.25, -0.2) is 4.68 Å². The molecule has 1 rings (SSSR count). The quantitative estimate of drug-likeness (QED) is 0.705. The largest absolute Gasteiger partial charge is 0.481 e. The molecule has 0 aliphatic rings. The Kier molecular flexibility index (Phi) is 4.74. The first-order chi connectivity index (χ1) is 6.74. The van der Waals surface area contributed by atoms with Gasteiger partial charge >= 0.3 is 5.97 Å². The van der Waals surface area contributed by atoms with Crippen molar-refractivity contribution in [3.63, 3.8) is 0 Å². The van der Waals surface area contributed by atoms with Gasteiger partial charge in [0.15, 0.2) is 0 Å². The maximum Gasteiger partial charge on any atom is 0.313 e. The van der Waals surface area contributed by atoms with Crippen LogP contribution in [0, 0.1) is 0 Å². The van der Waals surface area contributed by atoms with Gasteiger partial charge in [0.2, 0.25) is 5.16 Å². The minimum Gasteiger partial charge on any atom is -0.481 e. The van der Waals surface area contributed by atoms with E-state index in [1.54, 1.807) is 16.4 Å². The van der Waals surface area contributed by atoms with Crippen molar-refractivity contribution < 1.29 is 9.90 Å². The fourth-order valence-electron chi connectivity index (χ4n) is 0.744. The maximum atomic E-state index is 10.3. The molecule has 0 bridgehead atoms. The van der Waals surface area contributed by atoms with Crippen LogP contribution in [-0.2, 0) is 11.3 Å². The first kappa shape index (κ1) is 11.3. The summed E-state index contributed by atoms with van der Waals surface area (Å²) >= 11 is 2.82. The second kappa shape index (κ2) is 5.86. The molecule has 0 radical (unpaired) electrons. The van der Waals surface area contributed by atoms with Crippen LogP contribution in [0.1, 0.15) is 0 Å². The summed E-state index contributed by atoms with van der Waals surface area (Å²) in [6.07, 6.45) is 1.99. The molecule has 14 heavy (non-hydrogen) atoms. The Balaban J connectivity index is 2.49. The molecule has 1 N–H and O–H groups in total. The smallest absolute Gasteiger partial charge is 0.313 e. The van der Waals surface area contributed by atoms with E-state index in [2.05, 4.69) is 15.5 Å². The zero-order chi connectivity index (χ0) is 10.4. The van der Waals surface area contributed by atoms with Crippen LogP contribution < -0.4 is 0 Å². The third kappa shape index (κ3) is 3.54. The molecule has 0 saturated carbocycles. The van der Waals surface area contributed by atoms with Crippen LogP contribution >= 0.6 is 23.5 Å². The van der Waals surface area contributed by atoms with Gasteiger partial charge in [-0.2, -0.15) is 11.8 Å². The summed E-state index contributed by atoms with van der Waals surface area (Å²) in [5, 5.41) is 20.0. The van der Waals surface area contributed by atoms with Crippen LogP contribution in [0.3, 0.4) is 0 Å². The van der Waals surface area contributed by atoms with Gasteiger partial charge in [-0.05, 0) is 16.7 Å². The normalized spacial score (nSPS) is 10.4. The second-order valence-corrected chi connectivity index (χ2v) is 4.29. The number of carboxylic acid groups (broad SMARTS) is 1. The summed E-state index contributed by atoms with van der Waals surface area (Å²) in [7, 11) is 0. The summed E-state index contributed by atoms with van der Waals surface area (Å²) < 4.78 is 1.62. The van der Waals surface area contributed by atoms with E-state index >= 15 is 0 Å². The molecule has 0 aliphatic heterocycles. The van der Waals surface area contributed by atoms with Crippen LogP contribution in [0.2, 0.25) is 0 Å². The summed E-state index contributed by atoms with van der Waals surface area (Å²) in [5.74, 6) is 0.0279. The Labute approximate surface area is 89.4 Å². The van der Waals surface area contributed by atoms with Crippen molar-refractivity contribution in [1.82, 2.24) is 20.2 Å². The highest BCUT2D eigenvalue weighted by Gasteiger charge is 2.08. The van der Waals surface area contributed by atoms with E-state index in [0.717, 1.165) is 17.5 Å². The molecule has 0 spiro atoms. The molecule has 0 saturated heterocycles. The number of thioether (sulfide) groups is 2. The van der Waals surface area contributed by atoms with Crippen LogP contribution in [0.4, 0.5) is 0 Å². The molecule has 0 aromatic carbocycles. The lowest BCUT2D eigenvalue weighted by molar-refractivity contribution is -0.133. The number of carboxylic acids is 1. The molecular formula is C6H10N4O2S2. The summed E-state index contributed by atoms with van der Waals surface area (Å²) in [4.78, 5) is 10.3. The monoisotopic (exact) mass is 234 g/mol. The number of aromatic nitrogens is 4. The Hall–Kier alpha value is -0.760. The molecule has 0 aliphatic carbocycles. The van der Waals surface area contributed by atoms with Gasteiger partial charge in [-0.1, -0.05) is 11.8 Å². The fourth-order valence-corrected chi connectivity index (χ4v) is 1.72.